The summed E-state index contributed by atoms with van der Waals surface area (Å²) in [5, 5.41) is 0. The maximum absolute atomic E-state index is 12.0. The highest BCUT2D eigenvalue weighted by atomic mass is 28.4. The van der Waals surface area contributed by atoms with Crippen LogP contribution in [0.1, 0.15) is 52.9 Å². The molecule has 21 heavy (non-hydrogen) atoms. The van der Waals surface area contributed by atoms with Gasteiger partial charge in [-0.15, -0.1) is 0 Å². The third-order valence-corrected chi connectivity index (χ3v) is 6.83. The van der Waals surface area contributed by atoms with Crippen LogP contribution in [0.2, 0.25) is 6.04 Å². The van der Waals surface area contributed by atoms with E-state index in [1.807, 2.05) is 25.7 Å². The molecule has 0 radical (unpaired) electrons. The van der Waals surface area contributed by atoms with Crippen molar-refractivity contribution in [3.63, 3.8) is 0 Å². The van der Waals surface area contributed by atoms with Crippen molar-refractivity contribution in [3.05, 3.63) is 0 Å². The molecule has 1 amide bonds. The van der Waals surface area contributed by atoms with Gasteiger partial charge in [0.25, 0.3) is 0 Å². The maximum atomic E-state index is 12.0. The zero-order chi connectivity index (χ0) is 15.6. The number of amides is 1. The van der Waals surface area contributed by atoms with Crippen molar-refractivity contribution in [1.29, 1.82) is 0 Å². The van der Waals surface area contributed by atoms with E-state index in [4.69, 9.17) is 13.3 Å². The second kappa shape index (κ2) is 10.3. The number of carbonyl (C=O) groups excluding carboxylic acids is 1. The van der Waals surface area contributed by atoms with Crippen molar-refractivity contribution in [3.8, 4) is 0 Å². The van der Waals surface area contributed by atoms with Crippen LogP contribution < -0.4 is 0 Å². The Morgan fingerprint density at radius 2 is 1.62 bits per heavy atom. The Balaban J connectivity index is 2.48. The van der Waals surface area contributed by atoms with Crippen LogP contribution in [0, 0.1) is 0 Å². The fourth-order valence-corrected chi connectivity index (χ4v) is 5.36. The van der Waals surface area contributed by atoms with Crippen LogP contribution in [0.5, 0.6) is 0 Å². The molecule has 1 aliphatic rings. The first-order chi connectivity index (χ1) is 10.2. The molecule has 0 aliphatic carbocycles. The molecule has 5 nitrogen and oxygen atoms in total. The number of rotatable bonds is 10. The Hall–Kier alpha value is -0.433. The summed E-state index contributed by atoms with van der Waals surface area (Å²) in [5.41, 5.74) is 0. The van der Waals surface area contributed by atoms with Crippen LogP contribution in [-0.2, 0) is 18.1 Å². The molecule has 1 rings (SSSR count). The SMILES string of the molecule is CCO[Si](CCCN1CCCCCC1=O)(OCC)OCC. The third kappa shape index (κ3) is 6.46. The van der Waals surface area contributed by atoms with Crippen LogP contribution in [0.4, 0.5) is 0 Å². The van der Waals surface area contributed by atoms with Crippen LogP contribution in [0.15, 0.2) is 0 Å². The standard InChI is InChI=1S/C15H31NO4Si/c1-4-18-21(19-5-2,20-6-3)14-10-13-16-12-9-7-8-11-15(16)17/h4-14H2,1-3H3. The van der Waals surface area contributed by atoms with Crippen LogP contribution >= 0.6 is 0 Å². The monoisotopic (exact) mass is 317 g/mol. The fraction of sp³-hybridized carbons (Fsp3) is 0.933. The topological polar surface area (TPSA) is 48.0 Å². The van der Waals surface area contributed by atoms with Crippen molar-refractivity contribution in [2.24, 2.45) is 0 Å². The zero-order valence-corrected chi connectivity index (χ0v) is 14.9. The quantitative estimate of drug-likeness (QED) is 0.581. The maximum Gasteiger partial charge on any atom is 0.500 e. The van der Waals surface area contributed by atoms with Crippen molar-refractivity contribution in [2.75, 3.05) is 32.9 Å². The molecular weight excluding hydrogens is 286 g/mol. The molecule has 0 atom stereocenters. The second-order valence-electron chi connectivity index (χ2n) is 5.28. The first kappa shape index (κ1) is 18.6. The molecule has 0 bridgehead atoms. The normalized spacial score (nSPS) is 17.1. The molecule has 0 aromatic carbocycles. The smallest absolute Gasteiger partial charge is 0.374 e. The summed E-state index contributed by atoms with van der Waals surface area (Å²) in [6.45, 7) is 9.42. The second-order valence-corrected chi connectivity index (χ2v) is 8.01. The lowest BCUT2D eigenvalue weighted by Gasteiger charge is -2.29. The minimum Gasteiger partial charge on any atom is -0.374 e. The summed E-state index contributed by atoms with van der Waals surface area (Å²) in [7, 11) is -2.55. The first-order valence-corrected chi connectivity index (χ1v) is 10.3. The van der Waals surface area contributed by atoms with Gasteiger partial charge in [0.15, 0.2) is 0 Å². The predicted molar refractivity (Wildman–Crippen MR) is 85.1 cm³/mol. The van der Waals surface area contributed by atoms with E-state index in [0.29, 0.717) is 32.1 Å². The van der Waals surface area contributed by atoms with E-state index in [1.165, 1.54) is 0 Å². The van der Waals surface area contributed by atoms with E-state index in [2.05, 4.69) is 0 Å². The first-order valence-electron chi connectivity index (χ1n) is 8.37. The Morgan fingerprint density at radius 3 is 2.19 bits per heavy atom. The molecule has 0 unspecified atom stereocenters. The van der Waals surface area contributed by atoms with Gasteiger partial charge in [0.2, 0.25) is 5.91 Å². The number of likely N-dealkylation sites (tertiary alicyclic amines) is 1. The van der Waals surface area contributed by atoms with Crippen molar-refractivity contribution in [2.45, 2.75) is 58.9 Å². The van der Waals surface area contributed by atoms with Gasteiger partial charge >= 0.3 is 8.80 Å². The van der Waals surface area contributed by atoms with E-state index < -0.39 is 8.80 Å². The van der Waals surface area contributed by atoms with Gasteiger partial charge in [-0.2, -0.15) is 0 Å². The molecule has 1 fully saturated rings. The van der Waals surface area contributed by atoms with Gasteiger partial charge in [-0.05, 0) is 40.0 Å². The van der Waals surface area contributed by atoms with Crippen LogP contribution in [0.25, 0.3) is 0 Å². The molecule has 0 N–H and O–H groups in total. The highest BCUT2D eigenvalue weighted by Gasteiger charge is 2.39. The van der Waals surface area contributed by atoms with E-state index >= 15 is 0 Å². The van der Waals surface area contributed by atoms with Crippen molar-refractivity contribution < 1.29 is 18.1 Å². The third-order valence-electron chi connectivity index (χ3n) is 3.68. The molecule has 1 heterocycles. The van der Waals surface area contributed by atoms with Crippen LogP contribution in [-0.4, -0.2) is 52.5 Å². The number of nitrogens with zero attached hydrogens (tertiary/aromatic N) is 1. The summed E-state index contributed by atoms with van der Waals surface area (Å²) in [4.78, 5) is 14.0. The van der Waals surface area contributed by atoms with E-state index in [1.54, 1.807) is 0 Å². The van der Waals surface area contributed by atoms with Gasteiger partial charge in [-0.25, -0.2) is 0 Å². The highest BCUT2D eigenvalue weighted by molar-refractivity contribution is 6.60. The summed E-state index contributed by atoms with van der Waals surface area (Å²) in [6.07, 6.45) is 4.90. The van der Waals surface area contributed by atoms with E-state index in [0.717, 1.165) is 44.8 Å². The zero-order valence-electron chi connectivity index (χ0n) is 13.9. The Bertz CT molecular complexity index is 284. The largest absolute Gasteiger partial charge is 0.500 e. The van der Waals surface area contributed by atoms with Gasteiger partial charge in [-0.3, -0.25) is 4.79 Å². The molecule has 0 saturated carbocycles. The number of hydrogen-bond acceptors (Lipinski definition) is 4. The van der Waals surface area contributed by atoms with Crippen LogP contribution in [0.3, 0.4) is 0 Å². The van der Waals surface area contributed by atoms with E-state index in [9.17, 15) is 4.79 Å². The summed E-state index contributed by atoms with van der Waals surface area (Å²) in [5.74, 6) is 0.295. The molecule has 6 heteroatoms. The summed E-state index contributed by atoms with van der Waals surface area (Å²) in [6, 6.07) is 0.784. The average Bonchev–Trinajstić information content (AvgIpc) is 2.65. The van der Waals surface area contributed by atoms with Gasteiger partial charge in [0, 0.05) is 45.4 Å². The average molecular weight is 318 g/mol. The van der Waals surface area contributed by atoms with Gasteiger partial charge < -0.3 is 18.2 Å². The number of hydrogen-bond donors (Lipinski definition) is 0. The Morgan fingerprint density at radius 1 is 1.00 bits per heavy atom. The number of carbonyl (C=O) groups is 1. The fourth-order valence-electron chi connectivity index (χ4n) is 2.76. The summed E-state index contributed by atoms with van der Waals surface area (Å²) < 4.78 is 17.5. The predicted octanol–water partition coefficient (Wildman–Crippen LogP) is 2.83. The lowest BCUT2D eigenvalue weighted by atomic mass is 10.2. The van der Waals surface area contributed by atoms with Gasteiger partial charge in [0.1, 0.15) is 0 Å². The molecule has 0 aromatic heterocycles. The molecule has 1 saturated heterocycles. The molecule has 124 valence electrons. The lowest BCUT2D eigenvalue weighted by molar-refractivity contribution is -0.130. The Labute approximate surface area is 130 Å². The molecular formula is C15H31NO4Si. The highest BCUT2D eigenvalue weighted by Crippen LogP contribution is 2.19. The Kier molecular flexibility index (Phi) is 9.15. The lowest BCUT2D eigenvalue weighted by Crippen LogP contribution is -2.46. The summed E-state index contributed by atoms with van der Waals surface area (Å²) >= 11 is 0. The van der Waals surface area contributed by atoms with Crippen molar-refractivity contribution >= 4 is 14.7 Å². The minimum atomic E-state index is -2.55. The molecule has 1 aliphatic heterocycles. The van der Waals surface area contributed by atoms with E-state index in [-0.39, 0.29) is 0 Å². The molecule has 0 spiro atoms. The minimum absolute atomic E-state index is 0.295. The van der Waals surface area contributed by atoms with Crippen molar-refractivity contribution in [1.82, 2.24) is 4.90 Å². The van der Waals surface area contributed by atoms with Gasteiger partial charge in [0.05, 0.1) is 0 Å². The molecule has 0 aromatic rings. The van der Waals surface area contributed by atoms with Gasteiger partial charge in [-0.1, -0.05) is 6.42 Å².